The fourth-order valence-electron chi connectivity index (χ4n) is 3.05. The van der Waals surface area contributed by atoms with E-state index in [1.807, 2.05) is 26.0 Å². The van der Waals surface area contributed by atoms with Crippen molar-refractivity contribution < 1.29 is 9.53 Å². The van der Waals surface area contributed by atoms with Crippen LogP contribution < -0.4 is 5.32 Å². The highest BCUT2D eigenvalue weighted by molar-refractivity contribution is 6.35. The number of rotatable bonds is 8. The summed E-state index contributed by atoms with van der Waals surface area (Å²) in [5.74, 6) is 0.197. The fraction of sp³-hybridized carbons (Fsp3) is 0.632. The zero-order chi connectivity index (χ0) is 18.2. The molecule has 6 heteroatoms. The molecule has 1 atom stereocenters. The van der Waals surface area contributed by atoms with E-state index in [9.17, 15) is 4.79 Å². The number of benzene rings is 1. The largest absolute Gasteiger partial charge is 0.379 e. The molecule has 1 aliphatic rings. The van der Waals surface area contributed by atoms with E-state index in [1.165, 1.54) is 0 Å². The maximum absolute atomic E-state index is 12.4. The zero-order valence-corrected chi connectivity index (χ0v) is 16.6. The molecule has 1 N–H and O–H groups in total. The van der Waals surface area contributed by atoms with Gasteiger partial charge < -0.3 is 10.1 Å². The summed E-state index contributed by atoms with van der Waals surface area (Å²) in [6.07, 6.45) is 3.06. The molecule has 0 spiro atoms. The third kappa shape index (κ3) is 7.14. The van der Waals surface area contributed by atoms with Gasteiger partial charge in [-0.15, -0.1) is 0 Å². The molecule has 0 unspecified atom stereocenters. The van der Waals surface area contributed by atoms with Crippen LogP contribution in [0.4, 0.5) is 0 Å². The van der Waals surface area contributed by atoms with Crippen LogP contribution in [0.5, 0.6) is 0 Å². The summed E-state index contributed by atoms with van der Waals surface area (Å²) in [6, 6.07) is 5.59. The average molecular weight is 387 g/mol. The number of halogens is 2. The Morgan fingerprint density at radius 2 is 2.20 bits per heavy atom. The lowest BCUT2D eigenvalue weighted by atomic mass is 9.96. The van der Waals surface area contributed by atoms with Gasteiger partial charge in [0.05, 0.1) is 12.0 Å². The van der Waals surface area contributed by atoms with Gasteiger partial charge in [0.25, 0.3) is 0 Å². The van der Waals surface area contributed by atoms with E-state index in [0.29, 0.717) is 23.2 Å². The Kier molecular flexibility index (Phi) is 8.50. The van der Waals surface area contributed by atoms with Crippen LogP contribution in [0.15, 0.2) is 18.2 Å². The molecule has 1 aliphatic heterocycles. The highest BCUT2D eigenvalue weighted by atomic mass is 35.5. The van der Waals surface area contributed by atoms with Gasteiger partial charge in [0.1, 0.15) is 0 Å². The van der Waals surface area contributed by atoms with E-state index in [2.05, 4.69) is 10.2 Å². The standard InChI is InChI=1S/C19H28Cl2N2O2/c1-14(2)25-10-4-8-22-19(24)16-5-3-9-23(13-16)12-15-6-7-17(20)11-18(15)21/h6-7,11,14,16H,3-5,8-10,12-13H2,1-2H3,(H,22,24)/t16-/m0/s1. The maximum Gasteiger partial charge on any atom is 0.224 e. The van der Waals surface area contributed by atoms with Crippen molar-refractivity contribution in [2.24, 2.45) is 5.92 Å². The number of hydrogen-bond acceptors (Lipinski definition) is 3. The van der Waals surface area contributed by atoms with Crippen LogP contribution in [0.3, 0.4) is 0 Å². The van der Waals surface area contributed by atoms with E-state index in [-0.39, 0.29) is 17.9 Å². The van der Waals surface area contributed by atoms with Gasteiger partial charge in [-0.1, -0.05) is 29.3 Å². The summed E-state index contributed by atoms with van der Waals surface area (Å²) in [5, 5.41) is 4.37. The van der Waals surface area contributed by atoms with Crippen molar-refractivity contribution in [3.05, 3.63) is 33.8 Å². The lowest BCUT2D eigenvalue weighted by Gasteiger charge is -2.32. The van der Waals surface area contributed by atoms with Crippen molar-refractivity contribution in [3.8, 4) is 0 Å². The third-order valence-corrected chi connectivity index (χ3v) is 4.94. The predicted octanol–water partition coefficient (Wildman–Crippen LogP) is 4.14. The first-order valence-electron chi connectivity index (χ1n) is 9.01. The molecule has 1 aromatic rings. The van der Waals surface area contributed by atoms with Crippen molar-refractivity contribution in [1.82, 2.24) is 10.2 Å². The summed E-state index contributed by atoms with van der Waals surface area (Å²) in [5.41, 5.74) is 1.05. The Hall–Kier alpha value is -0.810. The molecule has 4 nitrogen and oxygen atoms in total. The molecule has 1 heterocycles. The number of carbonyl (C=O) groups excluding carboxylic acids is 1. The summed E-state index contributed by atoms with van der Waals surface area (Å²) < 4.78 is 5.49. The number of amides is 1. The minimum Gasteiger partial charge on any atom is -0.379 e. The molecule has 0 radical (unpaired) electrons. The second kappa shape index (κ2) is 10.4. The Morgan fingerprint density at radius 1 is 1.40 bits per heavy atom. The van der Waals surface area contributed by atoms with Crippen LogP contribution >= 0.6 is 23.2 Å². The maximum atomic E-state index is 12.4. The highest BCUT2D eigenvalue weighted by Crippen LogP contribution is 2.25. The number of ether oxygens (including phenoxy) is 1. The lowest BCUT2D eigenvalue weighted by Crippen LogP contribution is -2.43. The minimum atomic E-state index is 0.0471. The normalized spacial score (nSPS) is 18.5. The Morgan fingerprint density at radius 3 is 2.92 bits per heavy atom. The average Bonchev–Trinajstić information content (AvgIpc) is 2.57. The number of piperidine rings is 1. The van der Waals surface area contributed by atoms with Gasteiger partial charge in [-0.3, -0.25) is 9.69 Å². The molecule has 0 bridgehead atoms. The fourth-order valence-corrected chi connectivity index (χ4v) is 3.52. The Balaban J connectivity index is 1.76. The summed E-state index contributed by atoms with van der Waals surface area (Å²) >= 11 is 12.2. The third-order valence-electron chi connectivity index (χ3n) is 4.36. The van der Waals surface area contributed by atoms with E-state index in [0.717, 1.165) is 44.5 Å². The van der Waals surface area contributed by atoms with Crippen LogP contribution in [-0.2, 0) is 16.1 Å². The van der Waals surface area contributed by atoms with Gasteiger partial charge >= 0.3 is 0 Å². The SMILES string of the molecule is CC(C)OCCCNC(=O)[C@H]1CCCN(Cc2ccc(Cl)cc2Cl)C1. The molecule has 2 rings (SSSR count). The summed E-state index contributed by atoms with van der Waals surface area (Å²) in [4.78, 5) is 14.7. The number of likely N-dealkylation sites (tertiary alicyclic amines) is 1. The highest BCUT2D eigenvalue weighted by Gasteiger charge is 2.25. The topological polar surface area (TPSA) is 41.6 Å². The second-order valence-electron chi connectivity index (χ2n) is 6.87. The first-order valence-corrected chi connectivity index (χ1v) is 9.77. The van der Waals surface area contributed by atoms with Gasteiger partial charge in [0.2, 0.25) is 5.91 Å². The second-order valence-corrected chi connectivity index (χ2v) is 7.72. The molecule has 25 heavy (non-hydrogen) atoms. The van der Waals surface area contributed by atoms with Crippen LogP contribution in [0.2, 0.25) is 10.0 Å². The minimum absolute atomic E-state index is 0.0471. The molecule has 1 amide bonds. The Labute approximate surface area is 160 Å². The number of nitrogens with zero attached hydrogens (tertiary/aromatic N) is 1. The van der Waals surface area contributed by atoms with Gasteiger partial charge in [-0.05, 0) is 57.4 Å². The molecule has 1 fully saturated rings. The van der Waals surface area contributed by atoms with E-state index in [1.54, 1.807) is 6.07 Å². The molecular weight excluding hydrogens is 359 g/mol. The number of carbonyl (C=O) groups is 1. The van der Waals surface area contributed by atoms with Crippen molar-refractivity contribution >= 4 is 29.1 Å². The molecule has 0 aromatic heterocycles. The molecule has 0 saturated carbocycles. The van der Waals surface area contributed by atoms with Gasteiger partial charge in [-0.25, -0.2) is 0 Å². The molecule has 1 saturated heterocycles. The van der Waals surface area contributed by atoms with Crippen molar-refractivity contribution in [1.29, 1.82) is 0 Å². The smallest absolute Gasteiger partial charge is 0.224 e. The molecule has 140 valence electrons. The monoisotopic (exact) mass is 386 g/mol. The van der Waals surface area contributed by atoms with E-state index < -0.39 is 0 Å². The molecule has 1 aromatic carbocycles. The predicted molar refractivity (Wildman–Crippen MR) is 103 cm³/mol. The molecular formula is C19H28Cl2N2O2. The zero-order valence-electron chi connectivity index (χ0n) is 15.1. The molecule has 0 aliphatic carbocycles. The van der Waals surface area contributed by atoms with Crippen molar-refractivity contribution in [2.75, 3.05) is 26.2 Å². The quantitative estimate of drug-likeness (QED) is 0.682. The van der Waals surface area contributed by atoms with Crippen LogP contribution in [0.1, 0.15) is 38.7 Å². The first-order chi connectivity index (χ1) is 12.0. The lowest BCUT2D eigenvalue weighted by molar-refractivity contribution is -0.126. The van der Waals surface area contributed by atoms with E-state index in [4.69, 9.17) is 27.9 Å². The van der Waals surface area contributed by atoms with Crippen molar-refractivity contribution in [2.45, 2.75) is 45.8 Å². The van der Waals surface area contributed by atoms with E-state index >= 15 is 0 Å². The Bertz CT molecular complexity index is 566. The van der Waals surface area contributed by atoms with Crippen LogP contribution in [-0.4, -0.2) is 43.2 Å². The summed E-state index contributed by atoms with van der Waals surface area (Å²) in [7, 11) is 0. The van der Waals surface area contributed by atoms with Crippen LogP contribution in [0, 0.1) is 5.92 Å². The first kappa shape index (κ1) is 20.5. The van der Waals surface area contributed by atoms with Crippen LogP contribution in [0.25, 0.3) is 0 Å². The van der Waals surface area contributed by atoms with Gasteiger partial charge in [0, 0.05) is 36.3 Å². The van der Waals surface area contributed by atoms with Crippen molar-refractivity contribution in [3.63, 3.8) is 0 Å². The van der Waals surface area contributed by atoms with Gasteiger partial charge in [0.15, 0.2) is 0 Å². The number of nitrogens with one attached hydrogen (secondary N) is 1. The van der Waals surface area contributed by atoms with Gasteiger partial charge in [-0.2, -0.15) is 0 Å². The summed E-state index contributed by atoms with van der Waals surface area (Å²) in [6.45, 7) is 7.90. The number of hydrogen-bond donors (Lipinski definition) is 1.